The van der Waals surface area contributed by atoms with Gasteiger partial charge in [0, 0.05) is 13.1 Å². The molecule has 0 bridgehead atoms. The molecule has 0 aliphatic heterocycles. The maximum atomic E-state index is 11.2. The zero-order valence-corrected chi connectivity index (χ0v) is 10.5. The Kier molecular flexibility index (Phi) is 4.66. The van der Waals surface area contributed by atoms with Crippen LogP contribution in [0.5, 0.6) is 0 Å². The second-order valence-corrected chi connectivity index (χ2v) is 4.36. The van der Waals surface area contributed by atoms with Gasteiger partial charge in [-0.1, -0.05) is 29.8 Å². The molecule has 0 amide bonds. The zero-order valence-electron chi connectivity index (χ0n) is 10.5. The third-order valence-electron chi connectivity index (χ3n) is 2.51. The van der Waals surface area contributed by atoms with Gasteiger partial charge in [-0.3, -0.25) is 0 Å². The molecule has 4 heteroatoms. The van der Waals surface area contributed by atoms with Gasteiger partial charge in [0.15, 0.2) is 5.60 Å². The predicted molar refractivity (Wildman–Crippen MR) is 65.5 cm³/mol. The van der Waals surface area contributed by atoms with E-state index in [9.17, 15) is 9.90 Å². The van der Waals surface area contributed by atoms with E-state index in [0.717, 1.165) is 5.56 Å². The first kappa shape index (κ1) is 13.7. The van der Waals surface area contributed by atoms with Crippen LogP contribution in [0.4, 0.5) is 0 Å². The molecule has 1 unspecified atom stereocenters. The number of aliphatic hydroxyl groups is 1. The molecule has 0 heterocycles. The normalized spacial score (nSPS) is 14.1. The third-order valence-corrected chi connectivity index (χ3v) is 2.51. The quantitative estimate of drug-likeness (QED) is 0.750. The van der Waals surface area contributed by atoms with Crippen molar-refractivity contribution in [1.29, 1.82) is 0 Å². The Morgan fingerprint density at radius 2 is 2.24 bits per heavy atom. The van der Waals surface area contributed by atoms with Crippen molar-refractivity contribution in [3.63, 3.8) is 0 Å². The molecule has 17 heavy (non-hydrogen) atoms. The highest BCUT2D eigenvalue weighted by atomic mass is 16.5. The number of benzene rings is 1. The molecule has 4 nitrogen and oxygen atoms in total. The van der Waals surface area contributed by atoms with E-state index in [2.05, 4.69) is 16.1 Å². The van der Waals surface area contributed by atoms with E-state index >= 15 is 0 Å². The molecule has 0 aromatic heterocycles. The van der Waals surface area contributed by atoms with E-state index in [0.29, 0.717) is 6.54 Å². The summed E-state index contributed by atoms with van der Waals surface area (Å²) in [6.07, 6.45) is 0. The monoisotopic (exact) mass is 237 g/mol. The lowest BCUT2D eigenvalue weighted by atomic mass is 10.1. The Labute approximate surface area is 102 Å². The standard InChI is InChI=1S/C13H19NO3/c1-10-5-4-6-11(7-10)8-14-9-13(2,16)12(15)17-3/h4-7,14,16H,8-9H2,1-3H3. The fourth-order valence-electron chi connectivity index (χ4n) is 1.56. The van der Waals surface area contributed by atoms with Gasteiger partial charge in [0.2, 0.25) is 0 Å². The number of carbonyl (C=O) groups is 1. The SMILES string of the molecule is COC(=O)C(C)(O)CNCc1cccc(C)c1. The Hall–Kier alpha value is -1.39. The van der Waals surface area contributed by atoms with Crippen molar-refractivity contribution in [2.45, 2.75) is 26.0 Å². The van der Waals surface area contributed by atoms with Crippen LogP contribution in [0.2, 0.25) is 0 Å². The van der Waals surface area contributed by atoms with Gasteiger partial charge in [-0.05, 0) is 19.4 Å². The molecule has 0 saturated heterocycles. The number of ether oxygens (including phenoxy) is 1. The van der Waals surface area contributed by atoms with E-state index in [1.165, 1.54) is 19.6 Å². The minimum Gasteiger partial charge on any atom is -0.467 e. The molecule has 0 aliphatic rings. The van der Waals surface area contributed by atoms with Crippen molar-refractivity contribution in [2.75, 3.05) is 13.7 Å². The lowest BCUT2D eigenvalue weighted by molar-refractivity contribution is -0.159. The number of carbonyl (C=O) groups excluding carboxylic acids is 1. The summed E-state index contributed by atoms with van der Waals surface area (Å²) in [6, 6.07) is 8.05. The largest absolute Gasteiger partial charge is 0.467 e. The molecule has 0 radical (unpaired) electrons. The van der Waals surface area contributed by atoms with Gasteiger partial charge in [-0.25, -0.2) is 4.79 Å². The summed E-state index contributed by atoms with van der Waals surface area (Å²) in [5, 5.41) is 12.8. The minimum absolute atomic E-state index is 0.160. The summed E-state index contributed by atoms with van der Waals surface area (Å²) in [5.74, 6) is -0.630. The van der Waals surface area contributed by atoms with Gasteiger partial charge in [-0.2, -0.15) is 0 Å². The number of aryl methyl sites for hydroxylation is 1. The number of esters is 1. The number of rotatable bonds is 5. The molecule has 1 atom stereocenters. The van der Waals surface area contributed by atoms with Crippen molar-refractivity contribution in [3.8, 4) is 0 Å². The van der Waals surface area contributed by atoms with E-state index in [1.54, 1.807) is 0 Å². The lowest BCUT2D eigenvalue weighted by Gasteiger charge is -2.20. The number of hydrogen-bond donors (Lipinski definition) is 2. The molecule has 1 rings (SSSR count). The van der Waals surface area contributed by atoms with Gasteiger partial charge < -0.3 is 15.2 Å². The van der Waals surface area contributed by atoms with Gasteiger partial charge in [0.1, 0.15) is 0 Å². The van der Waals surface area contributed by atoms with E-state index in [1.807, 2.05) is 25.1 Å². The average Bonchev–Trinajstić information content (AvgIpc) is 2.27. The summed E-state index contributed by atoms with van der Waals surface area (Å²) in [6.45, 7) is 4.22. The van der Waals surface area contributed by atoms with Crippen LogP contribution in [-0.4, -0.2) is 30.3 Å². The van der Waals surface area contributed by atoms with Crippen LogP contribution < -0.4 is 5.32 Å². The zero-order chi connectivity index (χ0) is 12.9. The first-order valence-electron chi connectivity index (χ1n) is 5.53. The van der Waals surface area contributed by atoms with Crippen LogP contribution in [0.25, 0.3) is 0 Å². The molecule has 0 fully saturated rings. The van der Waals surface area contributed by atoms with Crippen molar-refractivity contribution in [2.24, 2.45) is 0 Å². The first-order valence-corrected chi connectivity index (χ1v) is 5.53. The van der Waals surface area contributed by atoms with E-state index in [4.69, 9.17) is 0 Å². The Morgan fingerprint density at radius 1 is 1.53 bits per heavy atom. The molecular formula is C13H19NO3. The van der Waals surface area contributed by atoms with Gasteiger partial charge in [0.25, 0.3) is 0 Å². The van der Waals surface area contributed by atoms with Gasteiger partial charge in [0.05, 0.1) is 7.11 Å². The highest BCUT2D eigenvalue weighted by Gasteiger charge is 2.30. The molecule has 0 saturated carbocycles. The van der Waals surface area contributed by atoms with Crippen molar-refractivity contribution >= 4 is 5.97 Å². The van der Waals surface area contributed by atoms with Crippen molar-refractivity contribution in [3.05, 3.63) is 35.4 Å². The highest BCUT2D eigenvalue weighted by molar-refractivity contribution is 5.78. The van der Waals surface area contributed by atoms with Crippen molar-refractivity contribution in [1.82, 2.24) is 5.32 Å². The first-order chi connectivity index (χ1) is 7.95. The molecule has 0 aliphatic carbocycles. The molecule has 94 valence electrons. The fraction of sp³-hybridized carbons (Fsp3) is 0.462. The van der Waals surface area contributed by atoms with E-state index in [-0.39, 0.29) is 6.54 Å². The molecule has 1 aromatic carbocycles. The van der Waals surface area contributed by atoms with Crippen LogP contribution in [0.1, 0.15) is 18.1 Å². The minimum atomic E-state index is -1.49. The van der Waals surface area contributed by atoms with Crippen LogP contribution in [0, 0.1) is 6.92 Å². The summed E-state index contributed by atoms with van der Waals surface area (Å²) >= 11 is 0. The van der Waals surface area contributed by atoms with Crippen LogP contribution in [0.15, 0.2) is 24.3 Å². The third kappa shape index (κ3) is 4.17. The molecular weight excluding hydrogens is 218 g/mol. The second-order valence-electron chi connectivity index (χ2n) is 4.36. The summed E-state index contributed by atoms with van der Waals surface area (Å²) < 4.78 is 4.51. The Bertz CT molecular complexity index is 388. The Balaban J connectivity index is 2.45. The smallest absolute Gasteiger partial charge is 0.338 e. The van der Waals surface area contributed by atoms with Gasteiger partial charge in [-0.15, -0.1) is 0 Å². The van der Waals surface area contributed by atoms with Crippen LogP contribution in [-0.2, 0) is 16.1 Å². The maximum absolute atomic E-state index is 11.2. The fourth-order valence-corrected chi connectivity index (χ4v) is 1.56. The van der Waals surface area contributed by atoms with E-state index < -0.39 is 11.6 Å². The second kappa shape index (κ2) is 5.80. The summed E-state index contributed by atoms with van der Waals surface area (Å²) in [5.41, 5.74) is 0.813. The van der Waals surface area contributed by atoms with Crippen LogP contribution in [0.3, 0.4) is 0 Å². The lowest BCUT2D eigenvalue weighted by Crippen LogP contribution is -2.45. The number of methoxy groups -OCH3 is 1. The van der Waals surface area contributed by atoms with Gasteiger partial charge >= 0.3 is 5.97 Å². The molecule has 1 aromatic rings. The summed E-state index contributed by atoms with van der Waals surface area (Å²) in [7, 11) is 1.26. The predicted octanol–water partition coefficient (Wildman–Crippen LogP) is 1.01. The number of nitrogens with one attached hydrogen (secondary N) is 1. The average molecular weight is 237 g/mol. The summed E-state index contributed by atoms with van der Waals surface area (Å²) in [4.78, 5) is 11.2. The Morgan fingerprint density at radius 3 is 2.82 bits per heavy atom. The number of hydrogen-bond acceptors (Lipinski definition) is 4. The highest BCUT2D eigenvalue weighted by Crippen LogP contribution is 2.06. The molecule has 2 N–H and O–H groups in total. The van der Waals surface area contributed by atoms with Crippen LogP contribution >= 0.6 is 0 Å². The topological polar surface area (TPSA) is 58.6 Å². The maximum Gasteiger partial charge on any atom is 0.338 e. The van der Waals surface area contributed by atoms with Crippen molar-refractivity contribution < 1.29 is 14.6 Å². The molecule has 0 spiro atoms.